The third-order valence-corrected chi connectivity index (χ3v) is 8.30. The number of anilines is 1. The summed E-state index contributed by atoms with van der Waals surface area (Å²) in [7, 11) is -1.72. The van der Waals surface area contributed by atoms with Gasteiger partial charge >= 0.3 is 0 Å². The van der Waals surface area contributed by atoms with Crippen molar-refractivity contribution in [3.05, 3.63) is 79.0 Å². The summed E-state index contributed by atoms with van der Waals surface area (Å²) in [5.74, 6) is 0.851. The SMILES string of the molecule is CN1CCN(c2nc3ccccc3c3c2ccn3S(=O)(=O)c2cccc3ccccc23)CC1. The standard InChI is InChI=1S/C26H24N4O2S/c1-28-15-17-29(18-16-28)26-22-13-14-30(25(22)21-10-4-5-11-23(21)27-26)33(31,32)24-12-6-8-19-7-2-3-9-20(19)24/h2-14H,15-18H2,1H3. The van der Waals surface area contributed by atoms with Crippen LogP contribution in [0.25, 0.3) is 32.6 Å². The highest BCUT2D eigenvalue weighted by atomic mass is 32.2. The highest BCUT2D eigenvalue weighted by Crippen LogP contribution is 2.35. The molecule has 0 bridgehead atoms. The van der Waals surface area contributed by atoms with Crippen LogP contribution in [0.5, 0.6) is 0 Å². The fourth-order valence-electron chi connectivity index (χ4n) is 4.79. The summed E-state index contributed by atoms with van der Waals surface area (Å²) in [6, 6.07) is 22.7. The van der Waals surface area contributed by atoms with E-state index in [9.17, 15) is 8.42 Å². The first-order valence-corrected chi connectivity index (χ1v) is 12.5. The third-order valence-electron chi connectivity index (χ3n) is 6.57. The Labute approximate surface area is 192 Å². The molecule has 3 heterocycles. The van der Waals surface area contributed by atoms with E-state index in [1.165, 1.54) is 3.97 Å². The molecule has 6 nitrogen and oxygen atoms in total. The molecule has 0 spiro atoms. The Kier molecular flexibility index (Phi) is 4.64. The first-order chi connectivity index (χ1) is 16.0. The second-order valence-corrected chi connectivity index (χ2v) is 10.4. The Hall–Kier alpha value is -3.42. The molecular formula is C26H24N4O2S. The number of rotatable bonds is 3. The van der Waals surface area contributed by atoms with Crippen LogP contribution in [0.4, 0.5) is 5.82 Å². The van der Waals surface area contributed by atoms with E-state index < -0.39 is 10.0 Å². The van der Waals surface area contributed by atoms with Crippen LogP contribution in [0.3, 0.4) is 0 Å². The van der Waals surface area contributed by atoms with Gasteiger partial charge in [-0.2, -0.15) is 0 Å². The molecule has 0 N–H and O–H groups in total. The van der Waals surface area contributed by atoms with Crippen LogP contribution in [-0.2, 0) is 10.0 Å². The number of fused-ring (bicyclic) bond motifs is 4. The predicted molar refractivity (Wildman–Crippen MR) is 133 cm³/mol. The molecule has 2 aromatic heterocycles. The third kappa shape index (κ3) is 3.19. The zero-order chi connectivity index (χ0) is 22.6. The summed E-state index contributed by atoms with van der Waals surface area (Å²) >= 11 is 0. The molecule has 0 atom stereocenters. The monoisotopic (exact) mass is 456 g/mol. The molecule has 0 radical (unpaired) electrons. The van der Waals surface area contributed by atoms with Crippen LogP contribution in [-0.4, -0.2) is 55.5 Å². The van der Waals surface area contributed by atoms with Crippen molar-refractivity contribution in [2.24, 2.45) is 0 Å². The largest absolute Gasteiger partial charge is 0.353 e. The lowest BCUT2D eigenvalue weighted by atomic mass is 10.1. The molecular weight excluding hydrogens is 432 g/mol. The second kappa shape index (κ2) is 7.57. The maximum Gasteiger partial charge on any atom is 0.268 e. The number of likely N-dealkylation sites (N-methyl/N-ethyl adjacent to an activating group) is 1. The summed E-state index contributed by atoms with van der Waals surface area (Å²) in [5, 5.41) is 3.32. The van der Waals surface area contributed by atoms with Gasteiger partial charge in [0.15, 0.2) is 0 Å². The Bertz CT molecular complexity index is 1610. The number of nitrogens with zero attached hydrogens (tertiary/aromatic N) is 4. The van der Waals surface area contributed by atoms with Crippen molar-refractivity contribution in [2.75, 3.05) is 38.1 Å². The summed E-state index contributed by atoms with van der Waals surface area (Å²) in [4.78, 5) is 9.84. The Balaban J connectivity index is 1.63. The number of piperazine rings is 1. The maximum absolute atomic E-state index is 14.0. The van der Waals surface area contributed by atoms with Crippen molar-refractivity contribution in [3.8, 4) is 0 Å². The lowest BCUT2D eigenvalue weighted by Crippen LogP contribution is -2.44. The molecule has 166 valence electrons. The van der Waals surface area contributed by atoms with E-state index >= 15 is 0 Å². The number of benzene rings is 3. The average Bonchev–Trinajstić information content (AvgIpc) is 3.30. The lowest BCUT2D eigenvalue weighted by molar-refractivity contribution is 0.312. The smallest absolute Gasteiger partial charge is 0.268 e. The summed E-state index contributed by atoms with van der Waals surface area (Å²) in [6.45, 7) is 3.62. The zero-order valence-electron chi connectivity index (χ0n) is 18.3. The molecule has 0 unspecified atom stereocenters. The maximum atomic E-state index is 14.0. The molecule has 1 saturated heterocycles. The zero-order valence-corrected chi connectivity index (χ0v) is 19.2. The van der Waals surface area contributed by atoms with E-state index in [1.807, 2.05) is 60.7 Å². The van der Waals surface area contributed by atoms with Crippen LogP contribution in [0.1, 0.15) is 0 Å². The topological polar surface area (TPSA) is 58.4 Å². The van der Waals surface area contributed by atoms with Crippen LogP contribution in [0.15, 0.2) is 83.9 Å². The van der Waals surface area contributed by atoms with Gasteiger partial charge in [-0.1, -0.05) is 54.6 Å². The minimum atomic E-state index is -3.83. The lowest BCUT2D eigenvalue weighted by Gasteiger charge is -2.33. The molecule has 1 fully saturated rings. The Morgan fingerprint density at radius 1 is 0.758 bits per heavy atom. The van der Waals surface area contributed by atoms with Gasteiger partial charge in [0.1, 0.15) is 5.82 Å². The number of hydrogen-bond donors (Lipinski definition) is 0. The van der Waals surface area contributed by atoms with Crippen LogP contribution >= 0.6 is 0 Å². The average molecular weight is 457 g/mol. The molecule has 1 aliphatic rings. The second-order valence-electron chi connectivity index (χ2n) is 8.60. The minimum Gasteiger partial charge on any atom is -0.353 e. The molecule has 7 heteroatoms. The first kappa shape index (κ1) is 20.2. The van der Waals surface area contributed by atoms with Crippen molar-refractivity contribution in [1.29, 1.82) is 0 Å². The van der Waals surface area contributed by atoms with Gasteiger partial charge in [0.25, 0.3) is 10.0 Å². The first-order valence-electron chi connectivity index (χ1n) is 11.1. The van der Waals surface area contributed by atoms with Crippen molar-refractivity contribution in [1.82, 2.24) is 13.9 Å². The Morgan fingerprint density at radius 3 is 2.27 bits per heavy atom. The molecule has 0 amide bonds. The summed E-state index contributed by atoms with van der Waals surface area (Å²) in [5.41, 5.74) is 1.48. The van der Waals surface area contributed by atoms with E-state index in [0.717, 1.165) is 59.1 Å². The van der Waals surface area contributed by atoms with E-state index in [0.29, 0.717) is 10.4 Å². The Morgan fingerprint density at radius 2 is 1.45 bits per heavy atom. The van der Waals surface area contributed by atoms with Gasteiger partial charge in [-0.15, -0.1) is 0 Å². The van der Waals surface area contributed by atoms with Gasteiger partial charge in [0, 0.05) is 48.5 Å². The molecule has 5 aromatic rings. The van der Waals surface area contributed by atoms with Crippen LogP contribution in [0.2, 0.25) is 0 Å². The van der Waals surface area contributed by atoms with Crippen molar-refractivity contribution < 1.29 is 8.42 Å². The molecule has 1 aliphatic heterocycles. The summed E-state index contributed by atoms with van der Waals surface area (Å²) < 4.78 is 29.5. The number of aromatic nitrogens is 2. The van der Waals surface area contributed by atoms with Gasteiger partial charge in [0.05, 0.1) is 15.9 Å². The predicted octanol–water partition coefficient (Wildman–Crippen LogP) is 4.33. The molecule has 0 aliphatic carbocycles. The van der Waals surface area contributed by atoms with Crippen LogP contribution < -0.4 is 4.90 Å². The van der Waals surface area contributed by atoms with Gasteiger partial charge in [-0.25, -0.2) is 17.4 Å². The quantitative estimate of drug-likeness (QED) is 0.404. The van der Waals surface area contributed by atoms with Gasteiger partial charge in [0.2, 0.25) is 0 Å². The number of pyridine rings is 1. The number of hydrogen-bond acceptors (Lipinski definition) is 5. The van der Waals surface area contributed by atoms with Crippen molar-refractivity contribution >= 4 is 48.4 Å². The van der Waals surface area contributed by atoms with Gasteiger partial charge in [-0.05, 0) is 30.6 Å². The van der Waals surface area contributed by atoms with E-state index in [2.05, 4.69) is 16.8 Å². The molecule has 3 aromatic carbocycles. The minimum absolute atomic E-state index is 0.306. The van der Waals surface area contributed by atoms with Gasteiger partial charge in [-0.3, -0.25) is 0 Å². The van der Waals surface area contributed by atoms with Crippen molar-refractivity contribution in [2.45, 2.75) is 4.90 Å². The van der Waals surface area contributed by atoms with E-state index in [1.54, 1.807) is 18.3 Å². The van der Waals surface area contributed by atoms with E-state index in [-0.39, 0.29) is 0 Å². The van der Waals surface area contributed by atoms with Crippen LogP contribution in [0, 0.1) is 0 Å². The fourth-order valence-corrected chi connectivity index (χ4v) is 6.37. The normalized spacial score (nSPS) is 15.6. The van der Waals surface area contributed by atoms with E-state index in [4.69, 9.17) is 4.98 Å². The molecule has 33 heavy (non-hydrogen) atoms. The molecule has 0 saturated carbocycles. The number of para-hydroxylation sites is 1. The van der Waals surface area contributed by atoms with Crippen molar-refractivity contribution in [3.63, 3.8) is 0 Å². The fraction of sp³-hybridized carbons (Fsp3) is 0.192. The summed E-state index contributed by atoms with van der Waals surface area (Å²) in [6.07, 6.45) is 1.68. The molecule has 6 rings (SSSR count). The van der Waals surface area contributed by atoms with Gasteiger partial charge < -0.3 is 9.80 Å². The highest BCUT2D eigenvalue weighted by molar-refractivity contribution is 7.90. The highest BCUT2D eigenvalue weighted by Gasteiger charge is 2.26.